The van der Waals surface area contributed by atoms with Crippen molar-refractivity contribution in [1.29, 1.82) is 0 Å². The Morgan fingerprint density at radius 3 is 2.57 bits per heavy atom. The molecular formula is C14H16F3N3O3. The van der Waals surface area contributed by atoms with Crippen molar-refractivity contribution < 1.29 is 27.5 Å². The maximum Gasteiger partial charge on any atom is 0.416 e. The van der Waals surface area contributed by atoms with Gasteiger partial charge in [0.1, 0.15) is 12.6 Å². The first-order valence-electron chi connectivity index (χ1n) is 6.90. The maximum absolute atomic E-state index is 12.5. The van der Waals surface area contributed by atoms with E-state index in [9.17, 15) is 22.8 Å². The van der Waals surface area contributed by atoms with Crippen LogP contribution < -0.4 is 11.1 Å². The van der Waals surface area contributed by atoms with Crippen LogP contribution in [0.3, 0.4) is 0 Å². The number of halogens is 3. The summed E-state index contributed by atoms with van der Waals surface area (Å²) in [5.74, 6) is -0.409. The van der Waals surface area contributed by atoms with Gasteiger partial charge < -0.3 is 15.8 Å². The molecule has 3 N–H and O–H groups in total. The average Bonchev–Trinajstić information content (AvgIpc) is 2.86. The van der Waals surface area contributed by atoms with Crippen LogP contribution in [0.25, 0.3) is 0 Å². The first-order chi connectivity index (χ1) is 10.8. The number of hydrogen-bond acceptors (Lipinski definition) is 4. The van der Waals surface area contributed by atoms with Crippen LogP contribution in [0.15, 0.2) is 24.3 Å². The lowest BCUT2D eigenvalue weighted by Crippen LogP contribution is -2.46. The van der Waals surface area contributed by atoms with E-state index in [0.29, 0.717) is 5.56 Å². The van der Waals surface area contributed by atoms with Gasteiger partial charge in [0.05, 0.1) is 12.1 Å². The molecule has 2 rings (SSSR count). The van der Waals surface area contributed by atoms with E-state index in [2.05, 4.69) is 5.32 Å². The van der Waals surface area contributed by atoms with Gasteiger partial charge in [0.2, 0.25) is 5.91 Å². The lowest BCUT2D eigenvalue weighted by atomic mass is 10.1. The molecule has 126 valence electrons. The zero-order valence-electron chi connectivity index (χ0n) is 12.1. The summed E-state index contributed by atoms with van der Waals surface area (Å²) >= 11 is 0. The Labute approximate surface area is 130 Å². The van der Waals surface area contributed by atoms with Crippen LogP contribution in [0.5, 0.6) is 0 Å². The van der Waals surface area contributed by atoms with Gasteiger partial charge in [-0.1, -0.05) is 12.1 Å². The maximum atomic E-state index is 12.5. The molecule has 0 aliphatic carbocycles. The predicted molar refractivity (Wildman–Crippen MR) is 74.2 cm³/mol. The lowest BCUT2D eigenvalue weighted by Gasteiger charge is -2.21. The van der Waals surface area contributed by atoms with Gasteiger partial charge >= 0.3 is 12.3 Å². The van der Waals surface area contributed by atoms with Crippen LogP contribution in [0, 0.1) is 0 Å². The second kappa shape index (κ2) is 6.86. The Bertz CT molecular complexity index is 575. The summed E-state index contributed by atoms with van der Waals surface area (Å²) in [6.07, 6.45) is -5.10. The van der Waals surface area contributed by atoms with Crippen molar-refractivity contribution in [2.45, 2.75) is 18.8 Å². The van der Waals surface area contributed by atoms with Crippen LogP contribution in [0.2, 0.25) is 0 Å². The molecular weight excluding hydrogens is 315 g/mol. The summed E-state index contributed by atoms with van der Waals surface area (Å²) < 4.78 is 42.4. The molecule has 6 nitrogen and oxygen atoms in total. The smallest absolute Gasteiger partial charge is 0.416 e. The average molecular weight is 331 g/mol. The van der Waals surface area contributed by atoms with Gasteiger partial charge in [0.15, 0.2) is 0 Å². The summed E-state index contributed by atoms with van der Waals surface area (Å²) in [5.41, 5.74) is 4.98. The number of amides is 2. The Kier molecular flexibility index (Phi) is 5.09. The molecule has 9 heteroatoms. The molecule has 0 saturated carbocycles. The van der Waals surface area contributed by atoms with Gasteiger partial charge in [-0.05, 0) is 17.7 Å². The fourth-order valence-corrected chi connectivity index (χ4v) is 2.15. The second-order valence-electron chi connectivity index (χ2n) is 4.99. The molecule has 0 radical (unpaired) electrons. The topological polar surface area (TPSA) is 84.7 Å². The third kappa shape index (κ3) is 4.13. The van der Waals surface area contributed by atoms with Crippen molar-refractivity contribution in [2.75, 3.05) is 19.7 Å². The number of ether oxygens (including phenoxy) is 1. The fourth-order valence-electron chi connectivity index (χ4n) is 2.15. The zero-order valence-corrected chi connectivity index (χ0v) is 12.1. The Hall–Kier alpha value is -2.29. The van der Waals surface area contributed by atoms with Crippen LogP contribution in [-0.4, -0.2) is 42.6 Å². The number of benzene rings is 1. The lowest BCUT2D eigenvalue weighted by molar-refractivity contribution is -0.137. The summed E-state index contributed by atoms with van der Waals surface area (Å²) in [4.78, 5) is 24.8. The Balaban J connectivity index is 2.07. The molecule has 1 atom stereocenters. The van der Waals surface area contributed by atoms with Crippen molar-refractivity contribution in [3.8, 4) is 0 Å². The molecule has 23 heavy (non-hydrogen) atoms. The van der Waals surface area contributed by atoms with E-state index in [1.807, 2.05) is 0 Å². The highest BCUT2D eigenvalue weighted by atomic mass is 19.4. The van der Waals surface area contributed by atoms with Crippen molar-refractivity contribution in [2.24, 2.45) is 5.73 Å². The number of rotatable bonds is 5. The third-order valence-electron chi connectivity index (χ3n) is 3.36. The highest BCUT2D eigenvalue weighted by Crippen LogP contribution is 2.29. The van der Waals surface area contributed by atoms with Gasteiger partial charge in [0, 0.05) is 13.1 Å². The number of carbonyl (C=O) groups is 2. The number of alkyl halides is 3. The minimum absolute atomic E-state index is 0.0162. The minimum atomic E-state index is -4.42. The monoisotopic (exact) mass is 331 g/mol. The number of nitrogens with one attached hydrogen (secondary N) is 1. The van der Waals surface area contributed by atoms with Gasteiger partial charge in [-0.15, -0.1) is 0 Å². The van der Waals surface area contributed by atoms with Crippen LogP contribution in [0.1, 0.15) is 11.1 Å². The first kappa shape index (κ1) is 17.1. The number of hydrogen-bond donors (Lipinski definition) is 2. The molecule has 1 aromatic carbocycles. The van der Waals surface area contributed by atoms with Crippen molar-refractivity contribution in [3.63, 3.8) is 0 Å². The van der Waals surface area contributed by atoms with E-state index in [1.54, 1.807) is 0 Å². The largest absolute Gasteiger partial charge is 0.447 e. The standard InChI is InChI=1S/C14H16F3N3O3/c15-14(16,17)10-3-1-9(2-4-10)7-20-11(8-23-13(20)22)12(21)19-6-5-18/h1-4,11H,5-8,18H2,(H,19,21)/t11-/m0/s1. The molecule has 1 fully saturated rings. The van der Waals surface area contributed by atoms with Gasteiger partial charge in [-0.25, -0.2) is 4.79 Å². The van der Waals surface area contributed by atoms with E-state index in [-0.39, 0.29) is 26.2 Å². The van der Waals surface area contributed by atoms with E-state index in [4.69, 9.17) is 10.5 Å². The normalized spacial score (nSPS) is 18.0. The molecule has 1 aliphatic rings. The van der Waals surface area contributed by atoms with Gasteiger partial charge in [-0.3, -0.25) is 9.69 Å². The van der Waals surface area contributed by atoms with Crippen molar-refractivity contribution in [3.05, 3.63) is 35.4 Å². The van der Waals surface area contributed by atoms with E-state index in [1.165, 1.54) is 17.0 Å². The third-order valence-corrected chi connectivity index (χ3v) is 3.36. The highest BCUT2D eigenvalue weighted by molar-refractivity contribution is 5.87. The first-order valence-corrected chi connectivity index (χ1v) is 6.90. The number of nitrogens with zero attached hydrogens (tertiary/aromatic N) is 1. The van der Waals surface area contributed by atoms with Gasteiger partial charge in [0.25, 0.3) is 0 Å². The van der Waals surface area contributed by atoms with E-state index in [0.717, 1.165) is 12.1 Å². The fraction of sp³-hybridized carbons (Fsp3) is 0.429. The predicted octanol–water partition coefficient (Wildman–Crippen LogP) is 1.10. The van der Waals surface area contributed by atoms with E-state index >= 15 is 0 Å². The number of cyclic esters (lactones) is 1. The molecule has 0 bridgehead atoms. The van der Waals surface area contributed by atoms with Crippen molar-refractivity contribution in [1.82, 2.24) is 10.2 Å². The molecule has 0 spiro atoms. The molecule has 2 amide bonds. The number of nitrogens with two attached hydrogens (primary N) is 1. The quantitative estimate of drug-likeness (QED) is 0.846. The SMILES string of the molecule is NCCNC(=O)[C@@H]1COC(=O)N1Cc1ccc(C(F)(F)F)cc1. The Morgan fingerprint density at radius 1 is 1.35 bits per heavy atom. The summed E-state index contributed by atoms with van der Waals surface area (Å²) in [6, 6.07) is 3.57. The molecule has 1 aromatic rings. The zero-order chi connectivity index (χ0) is 17.0. The minimum Gasteiger partial charge on any atom is -0.447 e. The molecule has 0 unspecified atom stereocenters. The van der Waals surface area contributed by atoms with Crippen LogP contribution in [0.4, 0.5) is 18.0 Å². The summed E-state index contributed by atoms with van der Waals surface area (Å²) in [6.45, 7) is 0.400. The summed E-state index contributed by atoms with van der Waals surface area (Å²) in [5, 5.41) is 2.55. The molecule has 0 aromatic heterocycles. The van der Waals surface area contributed by atoms with Crippen molar-refractivity contribution >= 4 is 12.0 Å². The molecule has 1 saturated heterocycles. The van der Waals surface area contributed by atoms with Crippen LogP contribution >= 0.6 is 0 Å². The van der Waals surface area contributed by atoms with Gasteiger partial charge in [-0.2, -0.15) is 13.2 Å². The molecule has 1 heterocycles. The Morgan fingerprint density at radius 2 is 2.00 bits per heavy atom. The summed E-state index contributed by atoms with van der Waals surface area (Å²) in [7, 11) is 0. The highest BCUT2D eigenvalue weighted by Gasteiger charge is 2.38. The second-order valence-corrected chi connectivity index (χ2v) is 4.99. The number of carbonyl (C=O) groups excluding carboxylic acids is 2. The molecule has 1 aliphatic heterocycles. The van der Waals surface area contributed by atoms with Crippen LogP contribution in [-0.2, 0) is 22.3 Å². The van der Waals surface area contributed by atoms with E-state index < -0.39 is 29.8 Å².